The van der Waals surface area contributed by atoms with Crippen molar-refractivity contribution >= 4 is 17.5 Å². The van der Waals surface area contributed by atoms with Crippen molar-refractivity contribution in [1.29, 1.82) is 0 Å². The van der Waals surface area contributed by atoms with Crippen molar-refractivity contribution in [1.82, 2.24) is 5.32 Å². The fourth-order valence-corrected chi connectivity index (χ4v) is 3.33. The number of hydrogen-bond donors (Lipinski definition) is 1. The van der Waals surface area contributed by atoms with Crippen LogP contribution in [0.25, 0.3) is 0 Å². The number of carbonyl (C=O) groups is 2. The fourth-order valence-electron chi connectivity index (χ4n) is 3.33. The molecule has 0 radical (unpaired) electrons. The largest absolute Gasteiger partial charge is 0.573 e. The van der Waals surface area contributed by atoms with E-state index in [9.17, 15) is 22.8 Å². The Balaban J connectivity index is 1.67. The highest BCUT2D eigenvalue weighted by atomic mass is 19.4. The predicted molar refractivity (Wildman–Crippen MR) is 103 cm³/mol. The van der Waals surface area contributed by atoms with E-state index < -0.39 is 18.2 Å². The van der Waals surface area contributed by atoms with Gasteiger partial charge in [-0.2, -0.15) is 0 Å². The normalized spacial score (nSPS) is 16.5. The van der Waals surface area contributed by atoms with E-state index in [1.165, 1.54) is 30.2 Å². The van der Waals surface area contributed by atoms with Crippen LogP contribution in [-0.4, -0.2) is 31.8 Å². The molecule has 3 rings (SSSR count). The Morgan fingerprint density at radius 3 is 2.63 bits per heavy atom. The highest BCUT2D eigenvalue weighted by Gasteiger charge is 2.36. The minimum absolute atomic E-state index is 0.00360. The van der Waals surface area contributed by atoms with Crippen LogP contribution >= 0.6 is 0 Å². The van der Waals surface area contributed by atoms with Gasteiger partial charge >= 0.3 is 6.36 Å². The van der Waals surface area contributed by atoms with E-state index in [1.54, 1.807) is 12.1 Å². The summed E-state index contributed by atoms with van der Waals surface area (Å²) in [6.07, 6.45) is -4.82. The third kappa shape index (κ3) is 5.03. The average molecular weight is 422 g/mol. The van der Waals surface area contributed by atoms with E-state index in [4.69, 9.17) is 4.74 Å². The minimum atomic E-state index is -4.83. The van der Waals surface area contributed by atoms with Crippen molar-refractivity contribution in [2.45, 2.75) is 26.3 Å². The van der Waals surface area contributed by atoms with E-state index in [1.807, 2.05) is 19.1 Å². The predicted octanol–water partition coefficient (Wildman–Crippen LogP) is 3.57. The molecule has 1 aliphatic heterocycles. The molecule has 1 atom stereocenters. The molecule has 1 aliphatic rings. The molecule has 2 aromatic rings. The van der Waals surface area contributed by atoms with Gasteiger partial charge in [0.1, 0.15) is 11.5 Å². The minimum Gasteiger partial charge on any atom is -0.495 e. The Kier molecular flexibility index (Phi) is 6.19. The molecule has 2 amide bonds. The van der Waals surface area contributed by atoms with Crippen molar-refractivity contribution in [2.75, 3.05) is 18.6 Å². The van der Waals surface area contributed by atoms with Crippen LogP contribution in [0.1, 0.15) is 17.5 Å². The van der Waals surface area contributed by atoms with Crippen molar-refractivity contribution in [2.24, 2.45) is 5.92 Å². The summed E-state index contributed by atoms with van der Waals surface area (Å²) < 4.78 is 46.9. The van der Waals surface area contributed by atoms with Crippen LogP contribution < -0.4 is 19.7 Å². The van der Waals surface area contributed by atoms with Gasteiger partial charge in [-0.05, 0) is 30.7 Å². The monoisotopic (exact) mass is 422 g/mol. The van der Waals surface area contributed by atoms with Gasteiger partial charge in [-0.3, -0.25) is 9.59 Å². The number of nitrogens with one attached hydrogen (secondary N) is 1. The van der Waals surface area contributed by atoms with Gasteiger partial charge in [0, 0.05) is 25.1 Å². The Bertz CT molecular complexity index is 946. The molecule has 9 heteroatoms. The zero-order chi connectivity index (χ0) is 21.9. The van der Waals surface area contributed by atoms with Crippen molar-refractivity contribution in [3.05, 3.63) is 53.6 Å². The second-order valence-electron chi connectivity index (χ2n) is 6.95. The smallest absolute Gasteiger partial charge is 0.495 e. The number of hydrogen-bond acceptors (Lipinski definition) is 4. The Morgan fingerprint density at radius 2 is 1.93 bits per heavy atom. The molecule has 1 fully saturated rings. The number of amides is 2. The van der Waals surface area contributed by atoms with Crippen molar-refractivity contribution < 1.29 is 32.2 Å². The number of halogens is 3. The topological polar surface area (TPSA) is 67.9 Å². The molecule has 1 saturated heterocycles. The first-order valence-corrected chi connectivity index (χ1v) is 9.24. The molecule has 2 aromatic carbocycles. The second kappa shape index (κ2) is 8.64. The molecule has 1 unspecified atom stereocenters. The van der Waals surface area contributed by atoms with Crippen LogP contribution in [0.5, 0.6) is 11.5 Å². The molecule has 0 aliphatic carbocycles. The number of rotatable bonds is 6. The standard InChI is InChI=1S/C21H21F3N2O4/c1-13-7-8-18(29-2)16(9-13)26-12-15(10-19(26)27)20(28)25-11-14-5-3-4-6-17(14)30-21(22,23)24/h3-9,15H,10-12H2,1-2H3,(H,25,28). The third-order valence-electron chi connectivity index (χ3n) is 4.77. The van der Waals surface area contributed by atoms with Crippen LogP contribution in [-0.2, 0) is 16.1 Å². The number of carbonyl (C=O) groups excluding carboxylic acids is 2. The maximum absolute atomic E-state index is 12.6. The Hall–Kier alpha value is -3.23. The first kappa shape index (κ1) is 21.5. The lowest BCUT2D eigenvalue weighted by molar-refractivity contribution is -0.274. The zero-order valence-corrected chi connectivity index (χ0v) is 16.5. The van der Waals surface area contributed by atoms with Crippen LogP contribution in [0, 0.1) is 12.8 Å². The van der Waals surface area contributed by atoms with E-state index in [0.29, 0.717) is 11.4 Å². The summed E-state index contributed by atoms with van der Waals surface area (Å²) in [7, 11) is 1.50. The van der Waals surface area contributed by atoms with E-state index in [-0.39, 0.29) is 36.7 Å². The number of anilines is 1. The Labute approximate surface area is 171 Å². The first-order chi connectivity index (χ1) is 14.2. The molecular weight excluding hydrogens is 401 g/mol. The molecule has 1 N–H and O–H groups in total. The Morgan fingerprint density at radius 1 is 1.20 bits per heavy atom. The van der Waals surface area contributed by atoms with Gasteiger partial charge in [0.25, 0.3) is 0 Å². The average Bonchev–Trinajstić information content (AvgIpc) is 3.07. The molecule has 0 spiro atoms. The molecule has 1 heterocycles. The summed E-state index contributed by atoms with van der Waals surface area (Å²) in [5, 5.41) is 2.60. The van der Waals surface area contributed by atoms with Gasteiger partial charge in [0.2, 0.25) is 11.8 Å². The van der Waals surface area contributed by atoms with Crippen LogP contribution in [0.3, 0.4) is 0 Å². The van der Waals surface area contributed by atoms with Gasteiger partial charge in [-0.15, -0.1) is 13.2 Å². The number of ether oxygens (including phenoxy) is 2. The van der Waals surface area contributed by atoms with E-state index in [0.717, 1.165) is 5.56 Å². The van der Waals surface area contributed by atoms with Gasteiger partial charge in [-0.1, -0.05) is 24.3 Å². The third-order valence-corrected chi connectivity index (χ3v) is 4.77. The van der Waals surface area contributed by atoms with Gasteiger partial charge < -0.3 is 19.7 Å². The maximum atomic E-state index is 12.6. The lowest BCUT2D eigenvalue weighted by Crippen LogP contribution is -2.33. The number of benzene rings is 2. The van der Waals surface area contributed by atoms with Crippen molar-refractivity contribution in [3.63, 3.8) is 0 Å². The SMILES string of the molecule is COc1ccc(C)cc1N1CC(C(=O)NCc2ccccc2OC(F)(F)F)CC1=O. The van der Waals surface area contributed by atoms with E-state index >= 15 is 0 Å². The van der Waals surface area contributed by atoms with E-state index in [2.05, 4.69) is 10.1 Å². The van der Waals surface area contributed by atoms with Gasteiger partial charge in [0.05, 0.1) is 18.7 Å². The lowest BCUT2D eigenvalue weighted by Gasteiger charge is -2.20. The second-order valence-corrected chi connectivity index (χ2v) is 6.95. The number of aryl methyl sites for hydroxylation is 1. The molecule has 0 saturated carbocycles. The number of methoxy groups -OCH3 is 1. The lowest BCUT2D eigenvalue weighted by atomic mass is 10.1. The van der Waals surface area contributed by atoms with Gasteiger partial charge in [0.15, 0.2) is 0 Å². The highest BCUT2D eigenvalue weighted by Crippen LogP contribution is 2.34. The van der Waals surface area contributed by atoms with Crippen LogP contribution in [0.4, 0.5) is 18.9 Å². The summed E-state index contributed by atoms with van der Waals surface area (Å²) in [6, 6.07) is 11.0. The number of alkyl halides is 3. The first-order valence-electron chi connectivity index (χ1n) is 9.24. The summed E-state index contributed by atoms with van der Waals surface area (Å²) in [6.45, 7) is 1.89. The summed E-state index contributed by atoms with van der Waals surface area (Å²) >= 11 is 0. The molecule has 0 bridgehead atoms. The summed E-state index contributed by atoms with van der Waals surface area (Å²) in [5.74, 6) is -1.12. The summed E-state index contributed by atoms with van der Waals surface area (Å²) in [4.78, 5) is 26.6. The maximum Gasteiger partial charge on any atom is 0.573 e. The molecule has 30 heavy (non-hydrogen) atoms. The quantitative estimate of drug-likeness (QED) is 0.773. The highest BCUT2D eigenvalue weighted by molar-refractivity contribution is 6.01. The number of para-hydroxylation sites is 1. The summed E-state index contributed by atoms with van der Waals surface area (Å²) in [5.41, 5.74) is 1.71. The fraction of sp³-hybridized carbons (Fsp3) is 0.333. The molecule has 6 nitrogen and oxygen atoms in total. The van der Waals surface area contributed by atoms with Crippen molar-refractivity contribution in [3.8, 4) is 11.5 Å². The van der Waals surface area contributed by atoms with Crippen LogP contribution in [0.15, 0.2) is 42.5 Å². The zero-order valence-electron chi connectivity index (χ0n) is 16.5. The molecular formula is C21H21F3N2O4. The molecule has 0 aromatic heterocycles. The van der Waals surface area contributed by atoms with Gasteiger partial charge in [-0.25, -0.2) is 0 Å². The number of nitrogens with zero attached hydrogens (tertiary/aromatic N) is 1. The van der Waals surface area contributed by atoms with Crippen LogP contribution in [0.2, 0.25) is 0 Å². The molecule has 160 valence electrons.